The average molecular weight is 493 g/mol. The molecule has 1 atom stereocenters. The first-order valence-electron chi connectivity index (χ1n) is 11.9. The van der Waals surface area contributed by atoms with Gasteiger partial charge in [-0.1, -0.05) is 37.5 Å². The lowest BCUT2D eigenvalue weighted by Gasteiger charge is -2.33. The van der Waals surface area contributed by atoms with E-state index in [9.17, 15) is 18.8 Å². The Morgan fingerprint density at radius 1 is 1.00 bits per heavy atom. The summed E-state index contributed by atoms with van der Waals surface area (Å²) in [5.41, 5.74) is 1.55. The molecule has 0 spiro atoms. The second-order valence-corrected chi connectivity index (χ2v) is 9.95. The summed E-state index contributed by atoms with van der Waals surface area (Å²) in [4.78, 5) is 41.6. The number of ketones is 1. The van der Waals surface area contributed by atoms with E-state index in [0.717, 1.165) is 37.0 Å². The molecule has 4 rings (SSSR count). The van der Waals surface area contributed by atoms with Gasteiger partial charge in [0.05, 0.1) is 6.42 Å². The van der Waals surface area contributed by atoms with Crippen molar-refractivity contribution in [1.29, 1.82) is 0 Å². The summed E-state index contributed by atoms with van der Waals surface area (Å²) in [5, 5.41) is 5.05. The third kappa shape index (κ3) is 6.22. The van der Waals surface area contributed by atoms with Gasteiger partial charge >= 0.3 is 0 Å². The Labute approximate surface area is 209 Å². The van der Waals surface area contributed by atoms with Crippen LogP contribution in [0.1, 0.15) is 65.9 Å². The number of nitrogens with zero attached hydrogens (tertiary/aromatic N) is 1. The fourth-order valence-corrected chi connectivity index (χ4v) is 5.23. The van der Waals surface area contributed by atoms with E-state index in [4.69, 9.17) is 0 Å². The fourth-order valence-electron chi connectivity index (χ4n) is 4.53. The summed E-state index contributed by atoms with van der Waals surface area (Å²) < 4.78 is 13.8. The highest BCUT2D eigenvalue weighted by Crippen LogP contribution is 2.31. The van der Waals surface area contributed by atoms with Crippen LogP contribution in [0, 0.1) is 5.82 Å². The van der Waals surface area contributed by atoms with E-state index in [1.54, 1.807) is 36.4 Å². The lowest BCUT2D eigenvalue weighted by Crippen LogP contribution is -2.47. The number of rotatable bonds is 8. The number of hydrogen-bond acceptors (Lipinski definition) is 4. The van der Waals surface area contributed by atoms with E-state index in [0.29, 0.717) is 16.8 Å². The van der Waals surface area contributed by atoms with Crippen molar-refractivity contribution in [3.8, 4) is 0 Å². The van der Waals surface area contributed by atoms with Crippen LogP contribution in [0.5, 0.6) is 0 Å². The van der Waals surface area contributed by atoms with Crippen LogP contribution in [0.3, 0.4) is 0 Å². The molecular weight excluding hydrogens is 463 g/mol. The lowest BCUT2D eigenvalue weighted by molar-refractivity contribution is -0.127. The van der Waals surface area contributed by atoms with Crippen LogP contribution >= 0.6 is 11.3 Å². The van der Waals surface area contributed by atoms with Gasteiger partial charge < -0.3 is 5.32 Å². The second-order valence-electron chi connectivity index (χ2n) is 8.92. The molecule has 1 aliphatic rings. The molecular formula is C28H29FN2O3S. The van der Waals surface area contributed by atoms with Gasteiger partial charge in [-0.15, -0.1) is 11.3 Å². The van der Waals surface area contributed by atoms with Gasteiger partial charge in [-0.25, -0.2) is 4.39 Å². The number of hydrogen-bond donors (Lipinski definition) is 1. The zero-order valence-corrected chi connectivity index (χ0v) is 20.5. The Morgan fingerprint density at radius 3 is 2.29 bits per heavy atom. The molecule has 7 heteroatoms. The van der Waals surface area contributed by atoms with Crippen LogP contribution in [0.2, 0.25) is 0 Å². The zero-order chi connectivity index (χ0) is 24.8. The molecule has 5 nitrogen and oxygen atoms in total. The SMILES string of the molecule is CC(=O)c1ccc(N(C(=O)Cc2cccs2)C(C(=O)NC2CCCCC2)c2ccc(F)cc2)cc1. The Hall–Kier alpha value is -3.32. The summed E-state index contributed by atoms with van der Waals surface area (Å²) in [6.45, 7) is 1.48. The van der Waals surface area contributed by atoms with Crippen LogP contribution in [0.4, 0.5) is 10.1 Å². The van der Waals surface area contributed by atoms with Gasteiger partial charge in [0.1, 0.15) is 11.9 Å². The molecule has 35 heavy (non-hydrogen) atoms. The molecule has 3 aromatic rings. The van der Waals surface area contributed by atoms with E-state index in [1.807, 2.05) is 17.5 Å². The summed E-state index contributed by atoms with van der Waals surface area (Å²) >= 11 is 1.47. The van der Waals surface area contributed by atoms with Crippen molar-refractivity contribution in [3.63, 3.8) is 0 Å². The molecule has 0 radical (unpaired) electrons. The molecule has 2 aromatic carbocycles. The Morgan fingerprint density at radius 2 is 1.69 bits per heavy atom. The Bertz CT molecular complexity index is 1150. The molecule has 1 heterocycles. The third-order valence-electron chi connectivity index (χ3n) is 6.37. The fraction of sp³-hybridized carbons (Fsp3) is 0.321. The second kappa shape index (κ2) is 11.4. The molecule has 1 aliphatic carbocycles. The molecule has 0 bridgehead atoms. The number of carbonyl (C=O) groups excluding carboxylic acids is 3. The number of thiophene rings is 1. The van der Waals surface area contributed by atoms with Crippen molar-refractivity contribution in [1.82, 2.24) is 5.32 Å². The predicted molar refractivity (Wildman–Crippen MR) is 136 cm³/mol. The van der Waals surface area contributed by atoms with Gasteiger partial charge in [0.15, 0.2) is 5.78 Å². The normalized spacial score (nSPS) is 14.8. The van der Waals surface area contributed by atoms with Crippen LogP contribution in [-0.2, 0) is 16.0 Å². The Balaban J connectivity index is 1.75. The molecule has 1 aromatic heterocycles. The minimum absolute atomic E-state index is 0.0496. The monoisotopic (exact) mass is 492 g/mol. The van der Waals surface area contributed by atoms with Crippen LogP contribution in [0.25, 0.3) is 0 Å². The maximum absolute atomic E-state index is 13.8. The van der Waals surface area contributed by atoms with Crippen LogP contribution in [-0.4, -0.2) is 23.6 Å². The number of Topliss-reactive ketones (excluding diaryl/α,β-unsaturated/α-hetero) is 1. The molecule has 182 valence electrons. The van der Waals surface area contributed by atoms with E-state index in [-0.39, 0.29) is 30.1 Å². The standard InChI is InChI=1S/C28H29FN2O3S/c1-19(32)20-11-15-24(16-12-20)31(26(33)18-25-8-5-17-35-25)27(21-9-13-22(29)14-10-21)28(34)30-23-6-3-2-4-7-23/h5,8-17,23,27H,2-4,6-7,18H2,1H3,(H,30,34). The van der Waals surface area contributed by atoms with Gasteiger partial charge in [-0.2, -0.15) is 0 Å². The van der Waals surface area contributed by atoms with Crippen molar-refractivity contribution in [3.05, 3.63) is 87.9 Å². The zero-order valence-electron chi connectivity index (χ0n) is 19.7. The number of halogens is 1. The highest BCUT2D eigenvalue weighted by Gasteiger charge is 2.34. The minimum atomic E-state index is -0.979. The molecule has 0 saturated heterocycles. The summed E-state index contributed by atoms with van der Waals surface area (Å²) in [6, 6.07) is 15.2. The van der Waals surface area contributed by atoms with E-state index < -0.39 is 11.9 Å². The van der Waals surface area contributed by atoms with Crippen molar-refractivity contribution in [2.75, 3.05) is 4.90 Å². The first-order chi connectivity index (χ1) is 16.9. The molecule has 0 aliphatic heterocycles. The highest BCUT2D eigenvalue weighted by atomic mass is 32.1. The maximum atomic E-state index is 13.8. The number of nitrogens with one attached hydrogen (secondary N) is 1. The van der Waals surface area contributed by atoms with Gasteiger partial charge in [0, 0.05) is 22.2 Å². The van der Waals surface area contributed by atoms with Crippen molar-refractivity contribution < 1.29 is 18.8 Å². The van der Waals surface area contributed by atoms with E-state index >= 15 is 0 Å². The van der Waals surface area contributed by atoms with Crippen LogP contribution in [0.15, 0.2) is 66.0 Å². The van der Waals surface area contributed by atoms with E-state index in [1.165, 1.54) is 35.3 Å². The molecule has 1 fully saturated rings. The smallest absolute Gasteiger partial charge is 0.248 e. The number of carbonyl (C=O) groups is 3. The number of benzene rings is 2. The molecule has 2 amide bonds. The van der Waals surface area contributed by atoms with Gasteiger partial charge in [0.25, 0.3) is 0 Å². The third-order valence-corrected chi connectivity index (χ3v) is 7.25. The average Bonchev–Trinajstić information content (AvgIpc) is 3.37. The minimum Gasteiger partial charge on any atom is -0.351 e. The summed E-state index contributed by atoms with van der Waals surface area (Å²) in [5.74, 6) is -1.05. The van der Waals surface area contributed by atoms with Crippen molar-refractivity contribution in [2.24, 2.45) is 0 Å². The lowest BCUT2D eigenvalue weighted by atomic mass is 9.94. The maximum Gasteiger partial charge on any atom is 0.248 e. The van der Waals surface area contributed by atoms with Gasteiger partial charge in [0.2, 0.25) is 11.8 Å². The van der Waals surface area contributed by atoms with Gasteiger partial charge in [-0.05, 0) is 73.2 Å². The van der Waals surface area contributed by atoms with E-state index in [2.05, 4.69) is 5.32 Å². The molecule has 1 N–H and O–H groups in total. The summed E-state index contributed by atoms with van der Waals surface area (Å²) in [7, 11) is 0. The number of anilines is 1. The largest absolute Gasteiger partial charge is 0.351 e. The van der Waals surface area contributed by atoms with Crippen molar-refractivity contribution >= 4 is 34.6 Å². The van der Waals surface area contributed by atoms with Crippen molar-refractivity contribution in [2.45, 2.75) is 57.5 Å². The topological polar surface area (TPSA) is 66.5 Å². The number of amides is 2. The molecule has 1 unspecified atom stereocenters. The first kappa shape index (κ1) is 24.8. The molecule has 1 saturated carbocycles. The highest BCUT2D eigenvalue weighted by molar-refractivity contribution is 7.10. The Kier molecular flexibility index (Phi) is 8.08. The first-order valence-corrected chi connectivity index (χ1v) is 12.8. The van der Waals surface area contributed by atoms with Crippen LogP contribution < -0.4 is 10.2 Å². The summed E-state index contributed by atoms with van der Waals surface area (Å²) in [6.07, 6.45) is 5.19. The quantitative estimate of drug-likeness (QED) is 0.401. The predicted octanol–water partition coefficient (Wildman–Crippen LogP) is 5.86. The van der Waals surface area contributed by atoms with Gasteiger partial charge in [-0.3, -0.25) is 19.3 Å².